The van der Waals surface area contributed by atoms with Gasteiger partial charge in [-0.05, 0) is 75.6 Å². The molecule has 1 aromatic heterocycles. The van der Waals surface area contributed by atoms with Gasteiger partial charge in [0.15, 0.2) is 5.82 Å². The van der Waals surface area contributed by atoms with E-state index in [0.29, 0.717) is 12.1 Å². The van der Waals surface area contributed by atoms with Gasteiger partial charge in [-0.25, -0.2) is 9.97 Å². The molecule has 1 fully saturated rings. The lowest BCUT2D eigenvalue weighted by Gasteiger charge is -2.29. The van der Waals surface area contributed by atoms with E-state index in [1.165, 1.54) is 24.1 Å². The zero-order valence-corrected chi connectivity index (χ0v) is 15.2. The van der Waals surface area contributed by atoms with Crippen molar-refractivity contribution in [3.05, 3.63) is 40.5 Å². The average molecular weight is 357 g/mol. The minimum atomic E-state index is 0.363. The van der Waals surface area contributed by atoms with Crippen molar-refractivity contribution in [2.24, 2.45) is 5.73 Å². The smallest absolute Gasteiger partial charge is 0.161 e. The van der Waals surface area contributed by atoms with Crippen molar-refractivity contribution >= 4 is 17.4 Å². The number of nitrogens with one attached hydrogen (secondary N) is 1. The molecule has 25 heavy (non-hydrogen) atoms. The van der Waals surface area contributed by atoms with Gasteiger partial charge >= 0.3 is 0 Å². The van der Waals surface area contributed by atoms with Crippen molar-refractivity contribution in [2.45, 2.75) is 63.5 Å². The van der Waals surface area contributed by atoms with Gasteiger partial charge in [0.25, 0.3) is 0 Å². The van der Waals surface area contributed by atoms with E-state index in [0.717, 1.165) is 60.8 Å². The Morgan fingerprint density at radius 2 is 1.68 bits per heavy atom. The molecule has 5 heteroatoms. The number of aromatic nitrogens is 2. The Balaban J connectivity index is 1.66. The van der Waals surface area contributed by atoms with Crippen LogP contribution in [0.25, 0.3) is 11.4 Å². The molecule has 4 rings (SSSR count). The number of aryl methyl sites for hydroxylation is 1. The van der Waals surface area contributed by atoms with Crippen LogP contribution in [0.2, 0.25) is 5.02 Å². The summed E-state index contributed by atoms with van der Waals surface area (Å²) in [6.45, 7) is 0. The van der Waals surface area contributed by atoms with Crippen LogP contribution in [0.5, 0.6) is 0 Å². The molecule has 3 N–H and O–H groups in total. The predicted octanol–water partition coefficient (Wildman–Crippen LogP) is 4.36. The third kappa shape index (κ3) is 3.80. The molecular formula is C20H25ClN4. The number of fused-ring (bicyclic) bond motifs is 1. The summed E-state index contributed by atoms with van der Waals surface area (Å²) in [6.07, 6.45) is 8.98. The van der Waals surface area contributed by atoms with Crippen molar-refractivity contribution in [1.82, 2.24) is 9.97 Å². The number of anilines is 1. The first kappa shape index (κ1) is 16.8. The molecular weight excluding hydrogens is 332 g/mol. The second-order valence-electron chi connectivity index (χ2n) is 7.29. The second kappa shape index (κ2) is 7.30. The summed E-state index contributed by atoms with van der Waals surface area (Å²) in [5.41, 5.74) is 9.60. The third-order valence-electron chi connectivity index (χ3n) is 5.40. The lowest BCUT2D eigenvalue weighted by atomic mass is 9.91. The molecule has 1 aromatic carbocycles. The molecule has 0 radical (unpaired) electrons. The van der Waals surface area contributed by atoms with Gasteiger partial charge in [0.2, 0.25) is 0 Å². The molecule has 0 aliphatic heterocycles. The Bertz CT molecular complexity index is 736. The maximum absolute atomic E-state index is 6.05. The van der Waals surface area contributed by atoms with Crippen LogP contribution in [0.1, 0.15) is 49.8 Å². The topological polar surface area (TPSA) is 63.8 Å². The van der Waals surface area contributed by atoms with Gasteiger partial charge in [0, 0.05) is 33.9 Å². The normalized spacial score (nSPS) is 23.1. The Morgan fingerprint density at radius 1 is 0.960 bits per heavy atom. The van der Waals surface area contributed by atoms with E-state index in [4.69, 9.17) is 27.3 Å². The van der Waals surface area contributed by atoms with Crippen molar-refractivity contribution in [3.63, 3.8) is 0 Å². The first-order valence-electron chi connectivity index (χ1n) is 9.37. The summed E-state index contributed by atoms with van der Waals surface area (Å²) in [5.74, 6) is 1.84. The molecule has 2 aromatic rings. The number of hydrogen-bond acceptors (Lipinski definition) is 4. The van der Waals surface area contributed by atoms with E-state index in [1.54, 1.807) is 0 Å². The molecule has 1 saturated carbocycles. The van der Waals surface area contributed by atoms with Crippen LogP contribution in [-0.2, 0) is 12.8 Å². The second-order valence-corrected chi connectivity index (χ2v) is 7.73. The summed E-state index contributed by atoms with van der Waals surface area (Å²) in [7, 11) is 0. The van der Waals surface area contributed by atoms with Gasteiger partial charge in [-0.15, -0.1) is 0 Å². The summed E-state index contributed by atoms with van der Waals surface area (Å²) < 4.78 is 0. The quantitative estimate of drug-likeness (QED) is 0.857. The van der Waals surface area contributed by atoms with Gasteiger partial charge in [-0.2, -0.15) is 0 Å². The number of halogens is 1. The number of rotatable bonds is 3. The Hall–Kier alpha value is -1.65. The van der Waals surface area contributed by atoms with Crippen LogP contribution in [-0.4, -0.2) is 22.1 Å². The van der Waals surface area contributed by atoms with E-state index in [1.807, 2.05) is 24.3 Å². The maximum atomic E-state index is 6.05. The highest BCUT2D eigenvalue weighted by Gasteiger charge is 2.23. The van der Waals surface area contributed by atoms with Gasteiger partial charge in [-0.3, -0.25) is 0 Å². The predicted molar refractivity (Wildman–Crippen MR) is 103 cm³/mol. The molecule has 0 unspecified atom stereocenters. The number of nitrogens with two attached hydrogens (primary N) is 1. The molecule has 0 bridgehead atoms. The highest BCUT2D eigenvalue weighted by Crippen LogP contribution is 2.31. The largest absolute Gasteiger partial charge is 0.367 e. The van der Waals surface area contributed by atoms with Gasteiger partial charge in [0.1, 0.15) is 5.82 Å². The van der Waals surface area contributed by atoms with E-state index in [2.05, 4.69) is 5.32 Å². The lowest BCUT2D eigenvalue weighted by molar-refractivity contribution is 0.410. The van der Waals surface area contributed by atoms with Gasteiger partial charge in [-0.1, -0.05) is 11.6 Å². The van der Waals surface area contributed by atoms with E-state index < -0.39 is 0 Å². The molecule has 2 aliphatic rings. The average Bonchev–Trinajstić information content (AvgIpc) is 2.64. The Labute approximate surface area is 154 Å². The van der Waals surface area contributed by atoms with Crippen molar-refractivity contribution in [1.29, 1.82) is 0 Å². The molecule has 0 saturated heterocycles. The SMILES string of the molecule is N[C@H]1CC[C@H](Nc2nc(-c3ccc(Cl)cc3)nc3c2CCCC3)CC1. The standard InChI is InChI=1S/C20H25ClN4/c21-14-7-5-13(6-8-14)19-24-18-4-2-1-3-17(18)20(25-19)23-16-11-9-15(22)10-12-16/h5-8,15-16H,1-4,9-12,22H2,(H,23,24,25)/t15-,16-. The minimum Gasteiger partial charge on any atom is -0.367 e. The fourth-order valence-corrected chi connectivity index (χ4v) is 4.02. The van der Waals surface area contributed by atoms with E-state index in [9.17, 15) is 0 Å². The van der Waals surface area contributed by atoms with Crippen molar-refractivity contribution in [3.8, 4) is 11.4 Å². The highest BCUT2D eigenvalue weighted by atomic mass is 35.5. The molecule has 1 heterocycles. The van der Waals surface area contributed by atoms with Gasteiger partial charge < -0.3 is 11.1 Å². The fourth-order valence-electron chi connectivity index (χ4n) is 3.90. The summed E-state index contributed by atoms with van der Waals surface area (Å²) in [6, 6.07) is 8.62. The summed E-state index contributed by atoms with van der Waals surface area (Å²) in [5, 5.41) is 4.45. The maximum Gasteiger partial charge on any atom is 0.161 e. The van der Waals surface area contributed by atoms with Crippen LogP contribution in [0.15, 0.2) is 24.3 Å². The molecule has 0 amide bonds. The van der Waals surface area contributed by atoms with Crippen molar-refractivity contribution < 1.29 is 0 Å². The Morgan fingerprint density at radius 3 is 2.44 bits per heavy atom. The molecule has 4 nitrogen and oxygen atoms in total. The summed E-state index contributed by atoms with van der Waals surface area (Å²) in [4.78, 5) is 9.77. The van der Waals surface area contributed by atoms with Crippen LogP contribution in [0.3, 0.4) is 0 Å². The fraction of sp³-hybridized carbons (Fsp3) is 0.500. The van der Waals surface area contributed by atoms with Gasteiger partial charge in [0.05, 0.1) is 0 Å². The number of nitrogens with zero attached hydrogens (tertiary/aromatic N) is 2. The van der Waals surface area contributed by atoms with Crippen LogP contribution in [0.4, 0.5) is 5.82 Å². The first-order valence-corrected chi connectivity index (χ1v) is 9.74. The van der Waals surface area contributed by atoms with Crippen LogP contribution in [0, 0.1) is 0 Å². The zero-order valence-electron chi connectivity index (χ0n) is 14.5. The number of benzene rings is 1. The minimum absolute atomic E-state index is 0.363. The van der Waals surface area contributed by atoms with Crippen LogP contribution >= 0.6 is 11.6 Å². The zero-order chi connectivity index (χ0) is 17.2. The third-order valence-corrected chi connectivity index (χ3v) is 5.65. The molecule has 2 aliphatic carbocycles. The number of hydrogen-bond donors (Lipinski definition) is 2. The molecule has 0 atom stereocenters. The Kier molecular flexibility index (Phi) is 4.91. The lowest BCUT2D eigenvalue weighted by Crippen LogP contribution is -2.33. The summed E-state index contributed by atoms with van der Waals surface area (Å²) >= 11 is 6.02. The van der Waals surface area contributed by atoms with E-state index >= 15 is 0 Å². The highest BCUT2D eigenvalue weighted by molar-refractivity contribution is 6.30. The van der Waals surface area contributed by atoms with Crippen LogP contribution < -0.4 is 11.1 Å². The van der Waals surface area contributed by atoms with Crippen molar-refractivity contribution in [2.75, 3.05) is 5.32 Å². The molecule has 132 valence electrons. The first-order chi connectivity index (χ1) is 12.2. The monoisotopic (exact) mass is 356 g/mol. The van der Waals surface area contributed by atoms with E-state index in [-0.39, 0.29) is 0 Å². The molecule has 0 spiro atoms.